The van der Waals surface area contributed by atoms with Gasteiger partial charge in [-0.3, -0.25) is 5.41 Å². The van der Waals surface area contributed by atoms with Gasteiger partial charge in [0, 0.05) is 5.39 Å². The minimum atomic E-state index is -0.472. The Hall–Kier alpha value is -2.56. The number of nitrogens with two attached hydrogens (primary N) is 1. The van der Waals surface area contributed by atoms with E-state index in [9.17, 15) is 4.79 Å². The van der Waals surface area contributed by atoms with E-state index in [2.05, 4.69) is 10.6 Å². The lowest BCUT2D eigenvalue weighted by molar-refractivity contribution is 0.248. The number of anilines is 1. The molecule has 0 aliphatic rings. The molecule has 2 aromatic rings. The first-order valence-corrected chi connectivity index (χ1v) is 6.88. The first-order chi connectivity index (χ1) is 9.99. The molecule has 5 N–H and O–H groups in total. The Morgan fingerprint density at radius 1 is 1.14 bits per heavy atom. The molecule has 0 spiro atoms. The first-order valence-electron chi connectivity index (χ1n) is 6.88. The maximum absolute atomic E-state index is 12.1. The molecule has 2 amide bonds. The zero-order chi connectivity index (χ0) is 15.4. The van der Waals surface area contributed by atoms with E-state index in [1.54, 1.807) is 0 Å². The third-order valence-corrected chi connectivity index (χ3v) is 3.33. The third kappa shape index (κ3) is 3.51. The lowest BCUT2D eigenvalue weighted by atomic mass is 10.0. The summed E-state index contributed by atoms with van der Waals surface area (Å²) in [6.07, 6.45) is 0. The smallest absolute Gasteiger partial charge is 0.319 e. The van der Waals surface area contributed by atoms with Gasteiger partial charge in [0.25, 0.3) is 0 Å². The number of hydrogen-bond acceptors (Lipinski definition) is 2. The summed E-state index contributed by atoms with van der Waals surface area (Å²) in [5.74, 6) is 0.0128. The monoisotopic (exact) mass is 284 g/mol. The van der Waals surface area contributed by atoms with E-state index in [1.165, 1.54) is 0 Å². The van der Waals surface area contributed by atoms with E-state index in [4.69, 9.17) is 11.1 Å². The molecule has 1 unspecified atom stereocenters. The van der Waals surface area contributed by atoms with Crippen LogP contribution in [0.2, 0.25) is 0 Å². The molecule has 0 saturated heterocycles. The van der Waals surface area contributed by atoms with Crippen LogP contribution in [-0.4, -0.2) is 17.9 Å². The van der Waals surface area contributed by atoms with E-state index < -0.39 is 6.04 Å². The second kappa shape index (κ2) is 6.26. The van der Waals surface area contributed by atoms with Gasteiger partial charge in [0.2, 0.25) is 0 Å². The average Bonchev–Trinajstić information content (AvgIpc) is 2.44. The van der Waals surface area contributed by atoms with Crippen LogP contribution in [0.1, 0.15) is 13.8 Å². The van der Waals surface area contributed by atoms with Gasteiger partial charge >= 0.3 is 6.03 Å². The van der Waals surface area contributed by atoms with Crippen molar-refractivity contribution >= 4 is 28.3 Å². The minimum absolute atomic E-state index is 0.0435. The SMILES string of the molecule is CC(C)C(NC(=O)Nc1cccc2ccccc12)C(=N)N. The molecular formula is C16H20N4O. The highest BCUT2D eigenvalue weighted by atomic mass is 16.2. The van der Waals surface area contributed by atoms with E-state index in [0.29, 0.717) is 0 Å². The van der Waals surface area contributed by atoms with Crippen molar-refractivity contribution in [1.82, 2.24) is 5.32 Å². The largest absolute Gasteiger partial charge is 0.386 e. The predicted octanol–water partition coefficient (Wildman–Crippen LogP) is 2.92. The number of urea groups is 1. The molecule has 0 heterocycles. The Morgan fingerprint density at radius 3 is 2.48 bits per heavy atom. The van der Waals surface area contributed by atoms with E-state index in [-0.39, 0.29) is 17.8 Å². The number of amides is 2. The fourth-order valence-electron chi connectivity index (χ4n) is 2.24. The fraction of sp³-hybridized carbons (Fsp3) is 0.250. The standard InChI is InChI=1S/C16H20N4O/c1-10(2)14(15(17)18)20-16(21)19-13-9-5-7-11-6-3-4-8-12(11)13/h3-10,14H,1-2H3,(H3,17,18)(H2,19,20,21). The van der Waals surface area contributed by atoms with Crippen molar-refractivity contribution in [2.45, 2.75) is 19.9 Å². The van der Waals surface area contributed by atoms with Crippen LogP contribution in [0.4, 0.5) is 10.5 Å². The number of nitrogens with one attached hydrogen (secondary N) is 3. The minimum Gasteiger partial charge on any atom is -0.386 e. The van der Waals surface area contributed by atoms with Gasteiger partial charge in [-0.05, 0) is 17.4 Å². The number of rotatable bonds is 4. The quantitative estimate of drug-likeness (QED) is 0.513. The van der Waals surface area contributed by atoms with Crippen molar-refractivity contribution in [3.05, 3.63) is 42.5 Å². The lowest BCUT2D eigenvalue weighted by Gasteiger charge is -2.21. The van der Waals surface area contributed by atoms with Crippen LogP contribution in [0.15, 0.2) is 42.5 Å². The lowest BCUT2D eigenvalue weighted by Crippen LogP contribution is -2.48. The van der Waals surface area contributed by atoms with Crippen LogP contribution in [0.25, 0.3) is 10.8 Å². The van der Waals surface area contributed by atoms with Crippen LogP contribution in [0.3, 0.4) is 0 Å². The van der Waals surface area contributed by atoms with Crippen molar-refractivity contribution < 1.29 is 4.79 Å². The molecule has 5 nitrogen and oxygen atoms in total. The van der Waals surface area contributed by atoms with E-state index in [1.807, 2.05) is 56.3 Å². The Balaban J connectivity index is 2.17. The van der Waals surface area contributed by atoms with Crippen LogP contribution < -0.4 is 16.4 Å². The van der Waals surface area contributed by atoms with Crippen LogP contribution in [-0.2, 0) is 0 Å². The van der Waals surface area contributed by atoms with Crippen molar-refractivity contribution in [2.24, 2.45) is 11.7 Å². The molecule has 2 rings (SSSR count). The highest BCUT2D eigenvalue weighted by Crippen LogP contribution is 2.22. The summed E-state index contributed by atoms with van der Waals surface area (Å²) in [6.45, 7) is 3.81. The molecular weight excluding hydrogens is 264 g/mol. The number of carbonyl (C=O) groups excluding carboxylic acids is 1. The Kier molecular flexibility index (Phi) is 4.42. The summed E-state index contributed by atoms with van der Waals surface area (Å²) in [5, 5.41) is 15.1. The summed E-state index contributed by atoms with van der Waals surface area (Å²) in [5.41, 5.74) is 6.24. The number of fused-ring (bicyclic) bond motifs is 1. The molecule has 110 valence electrons. The Labute approximate surface area is 124 Å². The summed E-state index contributed by atoms with van der Waals surface area (Å²) in [4.78, 5) is 12.1. The van der Waals surface area contributed by atoms with Gasteiger partial charge in [0.15, 0.2) is 0 Å². The van der Waals surface area contributed by atoms with Crippen LogP contribution >= 0.6 is 0 Å². The molecule has 0 saturated carbocycles. The Bertz CT molecular complexity index is 661. The second-order valence-electron chi connectivity index (χ2n) is 5.30. The number of hydrogen-bond donors (Lipinski definition) is 4. The predicted molar refractivity (Wildman–Crippen MR) is 86.6 cm³/mol. The number of amidine groups is 1. The molecule has 0 fully saturated rings. The highest BCUT2D eigenvalue weighted by molar-refractivity contribution is 6.02. The van der Waals surface area contributed by atoms with Crippen molar-refractivity contribution in [1.29, 1.82) is 5.41 Å². The van der Waals surface area contributed by atoms with Crippen molar-refractivity contribution in [3.8, 4) is 0 Å². The summed E-state index contributed by atoms with van der Waals surface area (Å²) < 4.78 is 0. The molecule has 0 radical (unpaired) electrons. The van der Waals surface area contributed by atoms with Gasteiger partial charge < -0.3 is 16.4 Å². The average molecular weight is 284 g/mol. The van der Waals surface area contributed by atoms with Gasteiger partial charge in [0.1, 0.15) is 5.84 Å². The van der Waals surface area contributed by atoms with Crippen LogP contribution in [0, 0.1) is 11.3 Å². The Morgan fingerprint density at radius 2 is 1.81 bits per heavy atom. The van der Waals surface area contributed by atoms with Crippen molar-refractivity contribution in [2.75, 3.05) is 5.32 Å². The van der Waals surface area contributed by atoms with Gasteiger partial charge in [0.05, 0.1) is 11.7 Å². The summed E-state index contributed by atoms with van der Waals surface area (Å²) in [6, 6.07) is 12.7. The zero-order valence-corrected chi connectivity index (χ0v) is 12.2. The zero-order valence-electron chi connectivity index (χ0n) is 12.2. The molecule has 21 heavy (non-hydrogen) atoms. The van der Waals surface area contributed by atoms with E-state index in [0.717, 1.165) is 16.5 Å². The fourth-order valence-corrected chi connectivity index (χ4v) is 2.24. The topological polar surface area (TPSA) is 91.0 Å². The summed E-state index contributed by atoms with van der Waals surface area (Å²) in [7, 11) is 0. The number of carbonyl (C=O) groups is 1. The number of benzene rings is 2. The normalized spacial score (nSPS) is 12.1. The highest BCUT2D eigenvalue weighted by Gasteiger charge is 2.19. The summed E-state index contributed by atoms with van der Waals surface area (Å²) >= 11 is 0. The molecule has 0 bridgehead atoms. The first kappa shape index (κ1) is 14.8. The molecule has 1 atom stereocenters. The van der Waals surface area contributed by atoms with Gasteiger partial charge in [-0.1, -0.05) is 50.2 Å². The third-order valence-electron chi connectivity index (χ3n) is 3.33. The molecule has 2 aromatic carbocycles. The van der Waals surface area contributed by atoms with Gasteiger partial charge in [-0.2, -0.15) is 0 Å². The van der Waals surface area contributed by atoms with Gasteiger partial charge in [-0.25, -0.2) is 4.79 Å². The maximum atomic E-state index is 12.1. The van der Waals surface area contributed by atoms with Crippen molar-refractivity contribution in [3.63, 3.8) is 0 Å². The molecule has 0 aliphatic heterocycles. The van der Waals surface area contributed by atoms with Crippen LogP contribution in [0.5, 0.6) is 0 Å². The second-order valence-corrected chi connectivity index (χ2v) is 5.30. The molecule has 0 aliphatic carbocycles. The molecule has 5 heteroatoms. The maximum Gasteiger partial charge on any atom is 0.319 e. The van der Waals surface area contributed by atoms with Gasteiger partial charge in [-0.15, -0.1) is 0 Å². The van der Waals surface area contributed by atoms with E-state index >= 15 is 0 Å². The molecule has 0 aromatic heterocycles.